The Morgan fingerprint density at radius 3 is 2.65 bits per heavy atom. The molecule has 2 aliphatic rings. The van der Waals surface area contributed by atoms with Crippen LogP contribution in [0.4, 0.5) is 0 Å². The van der Waals surface area contributed by atoms with Crippen molar-refractivity contribution < 1.29 is 19.1 Å². The summed E-state index contributed by atoms with van der Waals surface area (Å²) in [6.45, 7) is 0. The molecule has 1 unspecified atom stereocenters. The minimum absolute atomic E-state index is 0.0426. The second kappa shape index (κ2) is 4.37. The van der Waals surface area contributed by atoms with E-state index >= 15 is 0 Å². The zero-order chi connectivity index (χ0) is 14.3. The first kappa shape index (κ1) is 12.7. The van der Waals surface area contributed by atoms with Gasteiger partial charge in [0, 0.05) is 5.54 Å². The predicted octanol–water partition coefficient (Wildman–Crippen LogP) is 1.76. The molecular weight excluding hydrogens is 260 g/mol. The number of carboxylic acid groups (broad SMARTS) is 1. The van der Waals surface area contributed by atoms with Crippen molar-refractivity contribution in [3.63, 3.8) is 0 Å². The highest BCUT2D eigenvalue weighted by Crippen LogP contribution is 2.48. The first-order valence-electron chi connectivity index (χ1n) is 6.64. The summed E-state index contributed by atoms with van der Waals surface area (Å²) in [4.78, 5) is 25.4. The standard InChI is InChI=1S/C14H14N2O4/c15-8-9-2-3-11(20-9)12(17)16-10(13(18)19)4-7-14(16)5-1-6-14/h2-3,10H,1,4-7H2,(H,18,19). The van der Waals surface area contributed by atoms with Gasteiger partial charge in [-0.05, 0) is 44.2 Å². The molecule has 1 N–H and O–H groups in total. The number of furan rings is 1. The molecule has 0 aromatic carbocycles. The summed E-state index contributed by atoms with van der Waals surface area (Å²) in [5.74, 6) is -1.30. The maximum Gasteiger partial charge on any atom is 0.326 e. The maximum absolute atomic E-state index is 12.6. The van der Waals surface area contributed by atoms with Crippen LogP contribution in [0.25, 0.3) is 0 Å². The predicted molar refractivity (Wildman–Crippen MR) is 66.8 cm³/mol. The highest BCUT2D eigenvalue weighted by Gasteiger charge is 2.54. The zero-order valence-corrected chi connectivity index (χ0v) is 10.8. The molecule has 3 rings (SSSR count). The Morgan fingerprint density at radius 2 is 2.15 bits per heavy atom. The number of nitrogens with zero attached hydrogens (tertiary/aromatic N) is 2. The smallest absolute Gasteiger partial charge is 0.326 e. The molecule has 1 saturated carbocycles. The molecular formula is C14H14N2O4. The Balaban J connectivity index is 1.94. The lowest BCUT2D eigenvalue weighted by Crippen LogP contribution is -2.56. The van der Waals surface area contributed by atoms with Gasteiger partial charge in [-0.2, -0.15) is 5.26 Å². The van der Waals surface area contributed by atoms with Crippen molar-refractivity contribution >= 4 is 11.9 Å². The third kappa shape index (κ3) is 1.70. The lowest BCUT2D eigenvalue weighted by atomic mass is 9.75. The van der Waals surface area contributed by atoms with Gasteiger partial charge < -0.3 is 14.4 Å². The second-order valence-electron chi connectivity index (χ2n) is 5.42. The molecule has 20 heavy (non-hydrogen) atoms. The van der Waals surface area contributed by atoms with Crippen LogP contribution in [-0.2, 0) is 4.79 Å². The molecule has 104 valence electrons. The zero-order valence-electron chi connectivity index (χ0n) is 10.8. The number of nitriles is 1. The number of aliphatic carboxylic acids is 1. The Bertz CT molecular complexity index is 609. The minimum atomic E-state index is -0.978. The molecule has 1 amide bonds. The molecule has 1 spiro atoms. The molecule has 1 saturated heterocycles. The van der Waals surface area contributed by atoms with Gasteiger partial charge in [-0.25, -0.2) is 4.79 Å². The van der Waals surface area contributed by atoms with Gasteiger partial charge in [0.25, 0.3) is 5.91 Å². The first-order chi connectivity index (χ1) is 9.57. The van der Waals surface area contributed by atoms with Crippen molar-refractivity contribution in [1.82, 2.24) is 4.90 Å². The Kier molecular flexibility index (Phi) is 2.78. The van der Waals surface area contributed by atoms with Gasteiger partial charge in [-0.3, -0.25) is 4.79 Å². The van der Waals surface area contributed by atoms with Crippen LogP contribution < -0.4 is 0 Å². The average molecular weight is 274 g/mol. The number of hydrogen-bond acceptors (Lipinski definition) is 4. The number of carbonyl (C=O) groups is 2. The lowest BCUT2D eigenvalue weighted by molar-refractivity contribution is -0.143. The summed E-state index contributed by atoms with van der Waals surface area (Å²) in [5.41, 5.74) is -0.320. The minimum Gasteiger partial charge on any atom is -0.480 e. The van der Waals surface area contributed by atoms with Crippen LogP contribution in [0.1, 0.15) is 48.4 Å². The first-order valence-corrected chi connectivity index (χ1v) is 6.64. The van der Waals surface area contributed by atoms with Gasteiger partial charge in [0.2, 0.25) is 5.76 Å². The van der Waals surface area contributed by atoms with Crippen LogP contribution >= 0.6 is 0 Å². The van der Waals surface area contributed by atoms with Gasteiger partial charge in [-0.1, -0.05) is 0 Å². The third-order valence-corrected chi connectivity index (χ3v) is 4.42. The van der Waals surface area contributed by atoms with Gasteiger partial charge >= 0.3 is 5.97 Å². The summed E-state index contributed by atoms with van der Waals surface area (Å²) < 4.78 is 5.15. The molecule has 1 aromatic rings. The van der Waals surface area contributed by atoms with Gasteiger partial charge in [-0.15, -0.1) is 0 Å². The van der Waals surface area contributed by atoms with Crippen LogP contribution in [0.15, 0.2) is 16.5 Å². The van der Waals surface area contributed by atoms with Crippen molar-refractivity contribution in [3.05, 3.63) is 23.7 Å². The fourth-order valence-electron chi connectivity index (χ4n) is 3.28. The van der Waals surface area contributed by atoms with Crippen molar-refractivity contribution in [2.75, 3.05) is 0 Å². The van der Waals surface area contributed by atoms with Crippen LogP contribution in [0.5, 0.6) is 0 Å². The number of hydrogen-bond donors (Lipinski definition) is 1. The quantitative estimate of drug-likeness (QED) is 0.886. The van der Waals surface area contributed by atoms with Gasteiger partial charge in [0.05, 0.1) is 0 Å². The van der Waals surface area contributed by atoms with E-state index in [1.807, 2.05) is 6.07 Å². The van der Waals surface area contributed by atoms with Gasteiger partial charge in [0.15, 0.2) is 5.76 Å². The van der Waals surface area contributed by atoms with Gasteiger partial charge in [0.1, 0.15) is 12.1 Å². The Hall–Kier alpha value is -2.29. The van der Waals surface area contributed by atoms with Crippen molar-refractivity contribution in [1.29, 1.82) is 5.26 Å². The van der Waals surface area contributed by atoms with Crippen molar-refractivity contribution in [3.8, 4) is 6.07 Å². The van der Waals surface area contributed by atoms with E-state index in [1.54, 1.807) is 0 Å². The molecule has 2 heterocycles. The van der Waals surface area contributed by atoms with E-state index in [2.05, 4.69) is 0 Å². The monoisotopic (exact) mass is 274 g/mol. The molecule has 0 radical (unpaired) electrons. The van der Waals surface area contributed by atoms with Crippen LogP contribution in [-0.4, -0.2) is 33.5 Å². The van der Waals surface area contributed by atoms with E-state index < -0.39 is 17.9 Å². The molecule has 1 aliphatic carbocycles. The fraction of sp³-hybridized carbons (Fsp3) is 0.500. The third-order valence-electron chi connectivity index (χ3n) is 4.42. The van der Waals surface area contributed by atoms with E-state index in [0.29, 0.717) is 6.42 Å². The van der Waals surface area contributed by atoms with Crippen molar-refractivity contribution in [2.45, 2.75) is 43.7 Å². The molecule has 0 bridgehead atoms. The van der Waals surface area contributed by atoms with E-state index in [4.69, 9.17) is 9.68 Å². The fourth-order valence-corrected chi connectivity index (χ4v) is 3.28. The summed E-state index contributed by atoms with van der Waals surface area (Å²) in [5, 5.41) is 18.0. The van der Waals surface area contributed by atoms with E-state index in [-0.39, 0.29) is 17.1 Å². The van der Waals surface area contributed by atoms with E-state index in [0.717, 1.165) is 25.7 Å². The summed E-state index contributed by atoms with van der Waals surface area (Å²) in [7, 11) is 0. The average Bonchev–Trinajstić information content (AvgIpc) is 3.01. The molecule has 2 fully saturated rings. The number of rotatable bonds is 2. The normalized spacial score (nSPS) is 23.4. The van der Waals surface area contributed by atoms with E-state index in [9.17, 15) is 14.7 Å². The highest BCUT2D eigenvalue weighted by molar-refractivity contribution is 5.95. The second-order valence-corrected chi connectivity index (χ2v) is 5.42. The molecule has 1 aromatic heterocycles. The van der Waals surface area contributed by atoms with Crippen LogP contribution in [0.3, 0.4) is 0 Å². The topological polar surface area (TPSA) is 94.5 Å². The Labute approximate surface area is 115 Å². The molecule has 1 aliphatic heterocycles. The van der Waals surface area contributed by atoms with E-state index in [1.165, 1.54) is 17.0 Å². The summed E-state index contributed by atoms with van der Waals surface area (Å²) in [6, 6.07) is 3.89. The highest BCUT2D eigenvalue weighted by atomic mass is 16.4. The van der Waals surface area contributed by atoms with Crippen molar-refractivity contribution in [2.24, 2.45) is 0 Å². The summed E-state index contributed by atoms with van der Waals surface area (Å²) >= 11 is 0. The lowest BCUT2D eigenvalue weighted by Gasteiger charge is -2.46. The number of amides is 1. The number of carbonyl (C=O) groups excluding carboxylic acids is 1. The van der Waals surface area contributed by atoms with Crippen LogP contribution in [0.2, 0.25) is 0 Å². The largest absolute Gasteiger partial charge is 0.480 e. The molecule has 6 heteroatoms. The number of likely N-dealkylation sites (tertiary alicyclic amines) is 1. The maximum atomic E-state index is 12.6. The molecule has 1 atom stereocenters. The Morgan fingerprint density at radius 1 is 1.40 bits per heavy atom. The SMILES string of the molecule is N#Cc1ccc(C(=O)N2C(C(=O)O)CCC23CCC3)o1. The number of carboxylic acids is 1. The molecule has 6 nitrogen and oxygen atoms in total. The summed E-state index contributed by atoms with van der Waals surface area (Å²) in [6.07, 6.45) is 3.90. The van der Waals surface area contributed by atoms with Crippen LogP contribution in [0, 0.1) is 11.3 Å².